The third-order valence-electron chi connectivity index (χ3n) is 7.81. The quantitative estimate of drug-likeness (QED) is 0.135. The van der Waals surface area contributed by atoms with Gasteiger partial charge >= 0.3 is 0 Å². The fourth-order valence-electron chi connectivity index (χ4n) is 5.55. The normalized spacial score (nSPS) is 12.4. The second kappa shape index (κ2) is 12.7. The Balaban J connectivity index is 1.34. The molecule has 46 heavy (non-hydrogen) atoms. The Labute approximate surface area is 266 Å². The van der Waals surface area contributed by atoms with Crippen molar-refractivity contribution in [3.63, 3.8) is 0 Å². The van der Waals surface area contributed by atoms with E-state index < -0.39 is 6.29 Å². The molecule has 7 aromatic rings. The van der Waals surface area contributed by atoms with Gasteiger partial charge < -0.3 is 15.5 Å². The van der Waals surface area contributed by atoms with Gasteiger partial charge in [-0.05, 0) is 52.6 Å². The summed E-state index contributed by atoms with van der Waals surface area (Å²) in [6.07, 6.45) is 1.01. The van der Waals surface area contributed by atoms with Gasteiger partial charge in [0.15, 0.2) is 5.58 Å². The van der Waals surface area contributed by atoms with E-state index >= 15 is 0 Å². The van der Waals surface area contributed by atoms with Crippen molar-refractivity contribution in [2.24, 2.45) is 15.7 Å². The van der Waals surface area contributed by atoms with E-state index in [1.165, 1.54) is 0 Å². The van der Waals surface area contributed by atoms with Crippen LogP contribution in [0.25, 0.3) is 44.2 Å². The molecule has 0 aliphatic heterocycles. The fourth-order valence-corrected chi connectivity index (χ4v) is 5.55. The molecule has 0 aliphatic carbocycles. The van der Waals surface area contributed by atoms with E-state index in [2.05, 4.69) is 41.7 Å². The first-order valence-corrected chi connectivity index (χ1v) is 14.9. The van der Waals surface area contributed by atoms with Crippen molar-refractivity contribution >= 4 is 39.7 Å². The summed E-state index contributed by atoms with van der Waals surface area (Å²) in [5.41, 5.74) is 15.1. The van der Waals surface area contributed by atoms with E-state index in [9.17, 15) is 5.26 Å². The summed E-state index contributed by atoms with van der Waals surface area (Å²) in [5, 5.41) is 15.0. The van der Waals surface area contributed by atoms with Gasteiger partial charge in [-0.15, -0.1) is 0 Å². The second-order valence-corrected chi connectivity index (χ2v) is 10.8. The molecule has 0 bridgehead atoms. The second-order valence-electron chi connectivity index (χ2n) is 10.8. The molecule has 0 amide bonds. The minimum atomic E-state index is -0.785. The van der Waals surface area contributed by atoms with Crippen LogP contribution in [0.15, 0.2) is 160 Å². The molecule has 0 spiro atoms. The van der Waals surface area contributed by atoms with E-state index in [1.54, 1.807) is 12.3 Å². The molecule has 0 fully saturated rings. The minimum absolute atomic E-state index is 0.319. The molecule has 3 N–H and O–H groups in total. The maximum Gasteiger partial charge on any atom is 0.216 e. The Bertz CT molecular complexity index is 2260. The zero-order valence-corrected chi connectivity index (χ0v) is 24.8. The number of fused-ring (bicyclic) bond motifs is 3. The van der Waals surface area contributed by atoms with E-state index in [-0.39, 0.29) is 0 Å². The van der Waals surface area contributed by atoms with Crippen LogP contribution in [0.2, 0.25) is 0 Å². The molecule has 1 aromatic heterocycles. The molecular formula is C40H29N5O. The van der Waals surface area contributed by atoms with Crippen LogP contribution >= 0.6 is 0 Å². The molecule has 0 aliphatic rings. The molecule has 1 unspecified atom stereocenters. The number of nitrogens with one attached hydrogen (secondary N) is 1. The number of benzene rings is 6. The first-order chi connectivity index (χ1) is 22.7. The number of rotatable bonds is 8. The zero-order chi connectivity index (χ0) is 31.3. The Hall–Kier alpha value is -6.45. The molecule has 1 heterocycles. The van der Waals surface area contributed by atoms with Crippen molar-refractivity contribution in [2.45, 2.75) is 6.29 Å². The van der Waals surface area contributed by atoms with Crippen LogP contribution in [0, 0.1) is 11.3 Å². The monoisotopic (exact) mass is 595 g/mol. The van der Waals surface area contributed by atoms with Crippen LogP contribution in [0.3, 0.4) is 0 Å². The number of hydrogen-bond acceptors (Lipinski definition) is 5. The van der Waals surface area contributed by atoms with Crippen molar-refractivity contribution in [3.8, 4) is 28.3 Å². The maximum absolute atomic E-state index is 9.39. The van der Waals surface area contributed by atoms with Gasteiger partial charge in [0.05, 0.1) is 17.3 Å². The van der Waals surface area contributed by atoms with Gasteiger partial charge in [-0.3, -0.25) is 0 Å². The lowest BCUT2D eigenvalue weighted by atomic mass is 10.0. The Morgan fingerprint density at radius 3 is 2.22 bits per heavy atom. The van der Waals surface area contributed by atoms with E-state index in [0.29, 0.717) is 11.4 Å². The summed E-state index contributed by atoms with van der Waals surface area (Å²) >= 11 is 0. The Morgan fingerprint density at radius 1 is 0.717 bits per heavy atom. The first kappa shape index (κ1) is 28.3. The predicted molar refractivity (Wildman–Crippen MR) is 188 cm³/mol. The molecule has 6 heteroatoms. The SMILES string of the molecule is N#Cc1cccc(-c2cccc(C(N)=NC(N=Cc3ccccc3)Nc3c(-c4ccccc4)ccc4c3oc3ccccc34)c2)c1. The summed E-state index contributed by atoms with van der Waals surface area (Å²) in [6.45, 7) is 0. The van der Waals surface area contributed by atoms with Crippen molar-refractivity contribution in [3.05, 3.63) is 162 Å². The lowest BCUT2D eigenvalue weighted by Crippen LogP contribution is -2.23. The topological polar surface area (TPSA) is 99.7 Å². The molecular weight excluding hydrogens is 566 g/mol. The molecule has 220 valence electrons. The van der Waals surface area contributed by atoms with Gasteiger partial charge in [0.25, 0.3) is 0 Å². The lowest BCUT2D eigenvalue weighted by Gasteiger charge is -2.17. The maximum atomic E-state index is 9.39. The molecule has 0 saturated heterocycles. The first-order valence-electron chi connectivity index (χ1n) is 14.9. The van der Waals surface area contributed by atoms with Crippen LogP contribution in [0.4, 0.5) is 5.69 Å². The number of nitrogens with zero attached hydrogens (tertiary/aromatic N) is 3. The molecule has 1 atom stereocenters. The number of amidine groups is 1. The summed E-state index contributed by atoms with van der Waals surface area (Å²) in [6, 6.07) is 49.8. The van der Waals surface area contributed by atoms with Crippen LogP contribution < -0.4 is 11.1 Å². The summed E-state index contributed by atoms with van der Waals surface area (Å²) in [4.78, 5) is 9.78. The minimum Gasteiger partial charge on any atom is -0.454 e. The Kier molecular flexibility index (Phi) is 7.79. The summed E-state index contributed by atoms with van der Waals surface area (Å²) in [5.74, 6) is 0.319. The molecule has 0 saturated carbocycles. The third kappa shape index (κ3) is 5.86. The van der Waals surface area contributed by atoms with Gasteiger partial charge in [0.2, 0.25) is 6.29 Å². The van der Waals surface area contributed by atoms with Gasteiger partial charge in [-0.2, -0.15) is 5.26 Å². The number of furan rings is 1. The number of nitrogens with two attached hydrogens (primary N) is 1. The number of aliphatic imine (C=N–C) groups is 2. The smallest absolute Gasteiger partial charge is 0.216 e. The van der Waals surface area contributed by atoms with E-state index in [0.717, 1.165) is 61.0 Å². The highest BCUT2D eigenvalue weighted by atomic mass is 16.3. The highest BCUT2D eigenvalue weighted by Gasteiger charge is 2.19. The standard InChI is InChI=1S/C40H29N5O/c41-25-28-13-9-16-30(23-28)31-17-10-18-32(24-31)39(42)45-40(43-26-27-11-3-1-4-12-27)44-37-33(29-14-5-2-6-15-29)21-22-35-34-19-7-8-20-36(34)46-38(35)37/h1-24,26,40,44H,(H2,42,45). The summed E-state index contributed by atoms with van der Waals surface area (Å²) < 4.78 is 6.47. The number of nitriles is 1. The van der Waals surface area contributed by atoms with Crippen LogP contribution in [0.1, 0.15) is 16.7 Å². The van der Waals surface area contributed by atoms with Crippen molar-refractivity contribution in [1.82, 2.24) is 0 Å². The van der Waals surface area contributed by atoms with Crippen molar-refractivity contribution < 1.29 is 4.42 Å². The zero-order valence-electron chi connectivity index (χ0n) is 24.8. The molecule has 7 rings (SSSR count). The number of hydrogen-bond donors (Lipinski definition) is 2. The lowest BCUT2D eigenvalue weighted by molar-refractivity contribution is 0.668. The van der Waals surface area contributed by atoms with Crippen LogP contribution in [-0.4, -0.2) is 18.3 Å². The van der Waals surface area contributed by atoms with E-state index in [4.69, 9.17) is 20.1 Å². The highest BCUT2D eigenvalue weighted by Crippen LogP contribution is 2.40. The van der Waals surface area contributed by atoms with Crippen molar-refractivity contribution in [2.75, 3.05) is 5.32 Å². The highest BCUT2D eigenvalue weighted by molar-refractivity contribution is 6.11. The largest absolute Gasteiger partial charge is 0.454 e. The molecule has 6 aromatic carbocycles. The van der Waals surface area contributed by atoms with Gasteiger partial charge in [0, 0.05) is 28.1 Å². The molecule has 0 radical (unpaired) electrons. The van der Waals surface area contributed by atoms with Gasteiger partial charge in [0.1, 0.15) is 11.4 Å². The van der Waals surface area contributed by atoms with E-state index in [1.807, 2.05) is 109 Å². The predicted octanol–water partition coefficient (Wildman–Crippen LogP) is 9.01. The average molecular weight is 596 g/mol. The van der Waals surface area contributed by atoms with Crippen LogP contribution in [-0.2, 0) is 0 Å². The third-order valence-corrected chi connectivity index (χ3v) is 7.81. The number of para-hydroxylation sites is 1. The van der Waals surface area contributed by atoms with Crippen LogP contribution in [0.5, 0.6) is 0 Å². The van der Waals surface area contributed by atoms with Gasteiger partial charge in [-0.25, -0.2) is 9.98 Å². The van der Waals surface area contributed by atoms with Crippen molar-refractivity contribution in [1.29, 1.82) is 5.26 Å². The molecule has 6 nitrogen and oxygen atoms in total. The van der Waals surface area contributed by atoms with Gasteiger partial charge in [-0.1, -0.05) is 115 Å². The number of anilines is 1. The fraction of sp³-hybridized carbons (Fsp3) is 0.0250. The Morgan fingerprint density at radius 2 is 1.41 bits per heavy atom. The average Bonchev–Trinajstić information content (AvgIpc) is 3.51. The summed E-state index contributed by atoms with van der Waals surface area (Å²) in [7, 11) is 0.